The number of aromatic nitrogens is 1. The van der Waals surface area contributed by atoms with Crippen LogP contribution in [0.1, 0.15) is 31.5 Å². The molecule has 1 aliphatic carbocycles. The van der Waals surface area contributed by atoms with Gasteiger partial charge in [-0.15, -0.1) is 0 Å². The Hall–Kier alpha value is -0.850. The van der Waals surface area contributed by atoms with Gasteiger partial charge in [-0.05, 0) is 36.3 Å². The van der Waals surface area contributed by atoms with Crippen molar-refractivity contribution in [3.8, 4) is 0 Å². The molecule has 1 aliphatic rings. The van der Waals surface area contributed by atoms with Crippen molar-refractivity contribution in [1.29, 1.82) is 0 Å². The minimum absolute atomic E-state index is 0.460. The molecule has 0 aromatic carbocycles. The molecule has 1 heterocycles. The molecule has 1 aromatic heterocycles. The number of pyridine rings is 1. The van der Waals surface area contributed by atoms with Gasteiger partial charge in [0.1, 0.15) is 0 Å². The molecule has 0 aliphatic heterocycles. The average Bonchev–Trinajstić information content (AvgIpc) is 2.02. The van der Waals surface area contributed by atoms with Crippen molar-refractivity contribution < 1.29 is 0 Å². The molecule has 0 unspecified atom stereocenters. The summed E-state index contributed by atoms with van der Waals surface area (Å²) in [5.74, 6) is 0. The summed E-state index contributed by atoms with van der Waals surface area (Å²) < 4.78 is 0. The zero-order valence-electron chi connectivity index (χ0n) is 7.80. The molecule has 64 valence electrons. The van der Waals surface area contributed by atoms with Crippen molar-refractivity contribution in [3.05, 3.63) is 29.6 Å². The molecule has 12 heavy (non-hydrogen) atoms. The third kappa shape index (κ3) is 1.36. The lowest BCUT2D eigenvalue weighted by Crippen LogP contribution is -2.22. The van der Waals surface area contributed by atoms with Crippen molar-refractivity contribution in [2.75, 3.05) is 0 Å². The molecule has 1 heteroatoms. The number of hydrogen-bond acceptors (Lipinski definition) is 1. The molecule has 0 radical (unpaired) electrons. The van der Waals surface area contributed by atoms with E-state index in [-0.39, 0.29) is 0 Å². The first-order valence-electron chi connectivity index (χ1n) is 4.60. The Morgan fingerprint density at radius 3 is 3.08 bits per heavy atom. The van der Waals surface area contributed by atoms with Crippen LogP contribution in [0.15, 0.2) is 18.3 Å². The Bertz CT molecular complexity index is 289. The molecule has 2 rings (SSSR count). The first-order chi connectivity index (χ1) is 5.67. The highest BCUT2D eigenvalue weighted by atomic mass is 14.7. The van der Waals surface area contributed by atoms with Gasteiger partial charge in [0, 0.05) is 11.9 Å². The second-order valence-electron chi connectivity index (χ2n) is 4.45. The topological polar surface area (TPSA) is 12.9 Å². The highest BCUT2D eigenvalue weighted by molar-refractivity contribution is 5.23. The predicted molar refractivity (Wildman–Crippen MR) is 50.0 cm³/mol. The minimum Gasteiger partial charge on any atom is -0.261 e. The fraction of sp³-hybridized carbons (Fsp3) is 0.545. The Balaban J connectivity index is 2.35. The molecular formula is C11H15N. The van der Waals surface area contributed by atoms with Crippen LogP contribution >= 0.6 is 0 Å². The second-order valence-corrected chi connectivity index (χ2v) is 4.45. The summed E-state index contributed by atoms with van der Waals surface area (Å²) in [6.07, 6.45) is 5.55. The van der Waals surface area contributed by atoms with Crippen LogP contribution < -0.4 is 0 Å². The van der Waals surface area contributed by atoms with E-state index in [1.165, 1.54) is 24.1 Å². The molecule has 0 saturated carbocycles. The number of hydrogen-bond donors (Lipinski definition) is 0. The fourth-order valence-electron chi connectivity index (χ4n) is 1.87. The van der Waals surface area contributed by atoms with Gasteiger partial charge in [0.2, 0.25) is 0 Å². The van der Waals surface area contributed by atoms with Crippen LogP contribution in [-0.4, -0.2) is 4.98 Å². The summed E-state index contributed by atoms with van der Waals surface area (Å²) >= 11 is 0. The van der Waals surface area contributed by atoms with E-state index in [1.807, 2.05) is 12.3 Å². The lowest BCUT2D eigenvalue weighted by Gasteiger charge is -2.30. The summed E-state index contributed by atoms with van der Waals surface area (Å²) in [6, 6.07) is 4.24. The summed E-state index contributed by atoms with van der Waals surface area (Å²) in [5, 5.41) is 0. The summed E-state index contributed by atoms with van der Waals surface area (Å²) in [4.78, 5) is 4.41. The highest BCUT2D eigenvalue weighted by Gasteiger charge is 2.25. The highest BCUT2D eigenvalue weighted by Crippen LogP contribution is 2.33. The molecular weight excluding hydrogens is 146 g/mol. The van der Waals surface area contributed by atoms with E-state index in [0.29, 0.717) is 5.41 Å². The van der Waals surface area contributed by atoms with Gasteiger partial charge in [-0.3, -0.25) is 4.98 Å². The van der Waals surface area contributed by atoms with Gasteiger partial charge < -0.3 is 0 Å². The minimum atomic E-state index is 0.460. The fourth-order valence-corrected chi connectivity index (χ4v) is 1.87. The standard InChI is InChI=1S/C11H15N/c1-11(2)6-5-9-4-3-7-12-10(9)8-11/h3-4,7H,5-6,8H2,1-2H3. The van der Waals surface area contributed by atoms with Crippen molar-refractivity contribution in [2.24, 2.45) is 5.41 Å². The largest absolute Gasteiger partial charge is 0.261 e. The molecule has 1 aromatic rings. The molecule has 0 spiro atoms. The Morgan fingerprint density at radius 1 is 1.42 bits per heavy atom. The van der Waals surface area contributed by atoms with Crippen LogP contribution in [0.5, 0.6) is 0 Å². The van der Waals surface area contributed by atoms with Gasteiger partial charge in [0.05, 0.1) is 0 Å². The maximum Gasteiger partial charge on any atom is 0.0440 e. The number of fused-ring (bicyclic) bond motifs is 1. The summed E-state index contributed by atoms with van der Waals surface area (Å²) in [6.45, 7) is 4.65. The van der Waals surface area contributed by atoms with E-state index in [2.05, 4.69) is 24.9 Å². The molecule has 0 bridgehead atoms. The monoisotopic (exact) mass is 161 g/mol. The van der Waals surface area contributed by atoms with Crippen LogP contribution in [0, 0.1) is 5.41 Å². The lowest BCUT2D eigenvalue weighted by molar-refractivity contribution is 0.310. The Kier molecular flexibility index (Phi) is 1.67. The number of rotatable bonds is 0. The van der Waals surface area contributed by atoms with Crippen molar-refractivity contribution in [1.82, 2.24) is 4.98 Å². The maximum absolute atomic E-state index is 4.41. The van der Waals surface area contributed by atoms with Crippen LogP contribution in [0.4, 0.5) is 0 Å². The van der Waals surface area contributed by atoms with Gasteiger partial charge in [0.25, 0.3) is 0 Å². The van der Waals surface area contributed by atoms with Crippen LogP contribution in [0.25, 0.3) is 0 Å². The molecule has 1 nitrogen and oxygen atoms in total. The Labute approximate surface area is 73.8 Å². The van der Waals surface area contributed by atoms with Gasteiger partial charge in [-0.2, -0.15) is 0 Å². The molecule has 0 atom stereocenters. The average molecular weight is 161 g/mol. The molecule has 0 saturated heterocycles. The SMILES string of the molecule is CC1(C)CCc2cccnc2C1. The van der Waals surface area contributed by atoms with E-state index in [9.17, 15) is 0 Å². The van der Waals surface area contributed by atoms with E-state index < -0.39 is 0 Å². The van der Waals surface area contributed by atoms with Crippen molar-refractivity contribution in [3.63, 3.8) is 0 Å². The van der Waals surface area contributed by atoms with E-state index in [0.717, 1.165) is 6.42 Å². The number of aryl methyl sites for hydroxylation is 1. The maximum atomic E-state index is 4.41. The van der Waals surface area contributed by atoms with Crippen LogP contribution in [-0.2, 0) is 12.8 Å². The normalized spacial score (nSPS) is 20.2. The van der Waals surface area contributed by atoms with Gasteiger partial charge in [-0.25, -0.2) is 0 Å². The van der Waals surface area contributed by atoms with E-state index in [1.54, 1.807) is 0 Å². The molecule has 0 N–H and O–H groups in total. The summed E-state index contributed by atoms with van der Waals surface area (Å²) in [7, 11) is 0. The molecule has 0 amide bonds. The first-order valence-corrected chi connectivity index (χ1v) is 4.60. The molecule has 0 fully saturated rings. The van der Waals surface area contributed by atoms with Crippen LogP contribution in [0.2, 0.25) is 0 Å². The summed E-state index contributed by atoms with van der Waals surface area (Å²) in [5.41, 5.74) is 3.23. The van der Waals surface area contributed by atoms with Gasteiger partial charge in [0.15, 0.2) is 0 Å². The predicted octanol–water partition coefficient (Wildman–Crippen LogP) is 2.60. The van der Waals surface area contributed by atoms with Crippen molar-refractivity contribution >= 4 is 0 Å². The smallest absolute Gasteiger partial charge is 0.0440 e. The van der Waals surface area contributed by atoms with Crippen LogP contribution in [0.3, 0.4) is 0 Å². The van der Waals surface area contributed by atoms with Gasteiger partial charge >= 0.3 is 0 Å². The van der Waals surface area contributed by atoms with Crippen molar-refractivity contribution in [2.45, 2.75) is 33.1 Å². The zero-order chi connectivity index (χ0) is 8.60. The Morgan fingerprint density at radius 2 is 2.25 bits per heavy atom. The van der Waals surface area contributed by atoms with Gasteiger partial charge in [-0.1, -0.05) is 19.9 Å². The third-order valence-electron chi connectivity index (χ3n) is 2.70. The second kappa shape index (κ2) is 2.58. The lowest BCUT2D eigenvalue weighted by atomic mass is 9.76. The van der Waals surface area contributed by atoms with E-state index >= 15 is 0 Å². The first kappa shape index (κ1) is 7.78. The zero-order valence-corrected chi connectivity index (χ0v) is 7.80. The van der Waals surface area contributed by atoms with E-state index in [4.69, 9.17) is 0 Å². The quantitative estimate of drug-likeness (QED) is 0.570. The number of nitrogens with zero attached hydrogens (tertiary/aromatic N) is 1. The third-order valence-corrected chi connectivity index (χ3v) is 2.70.